The fourth-order valence-electron chi connectivity index (χ4n) is 4.22. The molecule has 2 aromatic heterocycles. The van der Waals surface area contributed by atoms with E-state index in [4.69, 9.17) is 14.5 Å². The molecule has 6 heteroatoms. The van der Waals surface area contributed by atoms with Gasteiger partial charge in [-0.1, -0.05) is 0 Å². The Hall–Kier alpha value is -2.34. The quantitative estimate of drug-likeness (QED) is 0.705. The maximum Gasteiger partial charge on any atom is 0.161 e. The third kappa shape index (κ3) is 2.35. The fourth-order valence-corrected chi connectivity index (χ4v) is 5.44. The van der Waals surface area contributed by atoms with Gasteiger partial charge in [-0.25, -0.2) is 9.97 Å². The third-order valence-corrected chi connectivity index (χ3v) is 6.70. The lowest BCUT2D eigenvalue weighted by atomic mass is 9.98. The number of rotatable bonds is 3. The highest BCUT2D eigenvalue weighted by Crippen LogP contribution is 2.41. The first-order valence-corrected chi connectivity index (χ1v) is 9.84. The molecular weight excluding hydrogens is 346 g/mol. The van der Waals surface area contributed by atoms with Crippen LogP contribution in [0.5, 0.6) is 11.5 Å². The summed E-state index contributed by atoms with van der Waals surface area (Å²) in [6.45, 7) is 1.80. The molecule has 5 rings (SSSR count). The van der Waals surface area contributed by atoms with Crippen LogP contribution >= 0.6 is 11.3 Å². The number of aryl methyl sites for hydroxylation is 2. The minimum Gasteiger partial charge on any atom is -0.493 e. The van der Waals surface area contributed by atoms with Crippen LogP contribution in [0.1, 0.15) is 28.0 Å². The lowest BCUT2D eigenvalue weighted by Crippen LogP contribution is -2.31. The number of hydrogen-bond donors (Lipinski definition) is 0. The van der Waals surface area contributed by atoms with E-state index >= 15 is 0 Å². The van der Waals surface area contributed by atoms with Gasteiger partial charge < -0.3 is 14.4 Å². The molecule has 1 aliphatic carbocycles. The molecule has 0 saturated carbocycles. The van der Waals surface area contributed by atoms with E-state index in [1.165, 1.54) is 39.8 Å². The number of thiophene rings is 1. The third-order valence-electron chi connectivity index (χ3n) is 5.50. The van der Waals surface area contributed by atoms with Crippen LogP contribution in [-0.4, -0.2) is 30.7 Å². The van der Waals surface area contributed by atoms with Crippen LogP contribution in [-0.2, 0) is 25.8 Å². The van der Waals surface area contributed by atoms with Crippen LogP contribution in [0.25, 0.3) is 10.2 Å². The molecule has 0 spiro atoms. The van der Waals surface area contributed by atoms with Gasteiger partial charge in [0.25, 0.3) is 0 Å². The minimum absolute atomic E-state index is 0.789. The molecule has 26 heavy (non-hydrogen) atoms. The van der Waals surface area contributed by atoms with E-state index in [0.29, 0.717) is 0 Å². The first-order chi connectivity index (χ1) is 12.8. The Labute approximate surface area is 156 Å². The monoisotopic (exact) mass is 367 g/mol. The Kier molecular flexibility index (Phi) is 3.74. The Morgan fingerprint density at radius 2 is 1.81 bits per heavy atom. The van der Waals surface area contributed by atoms with Gasteiger partial charge in [0.05, 0.1) is 19.6 Å². The van der Waals surface area contributed by atoms with E-state index in [-0.39, 0.29) is 0 Å². The summed E-state index contributed by atoms with van der Waals surface area (Å²) in [6, 6.07) is 4.22. The van der Waals surface area contributed by atoms with Crippen molar-refractivity contribution in [1.29, 1.82) is 0 Å². The first-order valence-electron chi connectivity index (χ1n) is 9.02. The zero-order valence-electron chi connectivity index (χ0n) is 15.0. The van der Waals surface area contributed by atoms with Crippen LogP contribution in [0.4, 0.5) is 5.82 Å². The fraction of sp³-hybridized carbons (Fsp3) is 0.400. The standard InChI is InChI=1S/C20H21N3O2S/c1-24-15-8-12-6-7-23(10-13(12)9-16(15)25-2)19-18-14-4-3-5-17(14)26-20(18)22-11-21-19/h8-9,11H,3-7,10H2,1-2H3. The maximum atomic E-state index is 5.49. The molecule has 0 radical (unpaired) electrons. The highest BCUT2D eigenvalue weighted by molar-refractivity contribution is 7.19. The van der Waals surface area contributed by atoms with Gasteiger partial charge in [-0.15, -0.1) is 11.3 Å². The van der Waals surface area contributed by atoms with E-state index in [9.17, 15) is 0 Å². The molecule has 2 aliphatic rings. The summed E-state index contributed by atoms with van der Waals surface area (Å²) in [5, 5.41) is 1.29. The number of ether oxygens (including phenoxy) is 2. The van der Waals surface area contributed by atoms with Gasteiger partial charge in [0.2, 0.25) is 0 Å². The summed E-state index contributed by atoms with van der Waals surface area (Å²) in [4.78, 5) is 14.3. The predicted molar refractivity (Wildman–Crippen MR) is 104 cm³/mol. The van der Waals surface area contributed by atoms with E-state index in [2.05, 4.69) is 22.0 Å². The van der Waals surface area contributed by atoms with Crippen molar-refractivity contribution in [3.63, 3.8) is 0 Å². The number of nitrogens with zero attached hydrogens (tertiary/aromatic N) is 3. The molecule has 5 nitrogen and oxygen atoms in total. The number of hydrogen-bond acceptors (Lipinski definition) is 6. The number of methoxy groups -OCH3 is 2. The average molecular weight is 367 g/mol. The van der Waals surface area contributed by atoms with Crippen molar-refractivity contribution in [2.24, 2.45) is 0 Å². The van der Waals surface area contributed by atoms with Crippen LogP contribution in [0.15, 0.2) is 18.5 Å². The number of fused-ring (bicyclic) bond motifs is 4. The van der Waals surface area contributed by atoms with Crippen molar-refractivity contribution in [3.05, 3.63) is 40.0 Å². The minimum atomic E-state index is 0.789. The van der Waals surface area contributed by atoms with Crippen molar-refractivity contribution in [1.82, 2.24) is 9.97 Å². The highest BCUT2D eigenvalue weighted by Gasteiger charge is 2.26. The molecule has 0 bridgehead atoms. The molecule has 0 N–H and O–H groups in total. The van der Waals surface area contributed by atoms with Crippen molar-refractivity contribution in [2.45, 2.75) is 32.2 Å². The van der Waals surface area contributed by atoms with Crippen molar-refractivity contribution in [2.75, 3.05) is 25.7 Å². The van der Waals surface area contributed by atoms with Gasteiger partial charge >= 0.3 is 0 Å². The summed E-state index contributed by atoms with van der Waals surface area (Å²) in [7, 11) is 3.38. The number of benzene rings is 1. The summed E-state index contributed by atoms with van der Waals surface area (Å²) in [5.41, 5.74) is 4.10. The first kappa shape index (κ1) is 15.9. The molecule has 0 atom stereocenters. The van der Waals surface area contributed by atoms with E-state index < -0.39 is 0 Å². The zero-order chi connectivity index (χ0) is 17.7. The van der Waals surface area contributed by atoms with Crippen molar-refractivity contribution in [3.8, 4) is 11.5 Å². The molecule has 0 saturated heterocycles. The Balaban J connectivity index is 1.57. The normalized spacial score (nSPS) is 15.8. The van der Waals surface area contributed by atoms with Crippen molar-refractivity contribution < 1.29 is 9.47 Å². The van der Waals surface area contributed by atoms with Gasteiger partial charge in [0.1, 0.15) is 17.0 Å². The summed E-state index contributed by atoms with van der Waals surface area (Å²) < 4.78 is 10.9. The SMILES string of the molecule is COc1cc2c(cc1OC)CN(c1ncnc3sc4c(c13)CCC4)CC2. The lowest BCUT2D eigenvalue weighted by Gasteiger charge is -2.31. The van der Waals surface area contributed by atoms with Crippen LogP contribution in [0, 0.1) is 0 Å². The van der Waals surface area contributed by atoms with Gasteiger partial charge in [0.15, 0.2) is 11.5 Å². The topological polar surface area (TPSA) is 47.5 Å². The smallest absolute Gasteiger partial charge is 0.161 e. The van der Waals surface area contributed by atoms with Gasteiger partial charge in [-0.3, -0.25) is 0 Å². The molecule has 1 aliphatic heterocycles. The Bertz CT molecular complexity index is 998. The molecule has 3 aromatic rings. The lowest BCUT2D eigenvalue weighted by molar-refractivity contribution is 0.353. The number of aromatic nitrogens is 2. The molecular formula is C20H21N3O2S. The van der Waals surface area contributed by atoms with Gasteiger partial charge in [0, 0.05) is 18.0 Å². The van der Waals surface area contributed by atoms with E-state index in [1.54, 1.807) is 20.5 Å². The van der Waals surface area contributed by atoms with Gasteiger partial charge in [-0.2, -0.15) is 0 Å². The summed E-state index contributed by atoms with van der Waals surface area (Å²) in [6.07, 6.45) is 6.30. The highest BCUT2D eigenvalue weighted by atomic mass is 32.1. The average Bonchev–Trinajstić information content (AvgIpc) is 3.27. The molecule has 0 amide bonds. The van der Waals surface area contributed by atoms with E-state index in [0.717, 1.165) is 48.1 Å². The second-order valence-electron chi connectivity index (χ2n) is 6.88. The zero-order valence-corrected chi connectivity index (χ0v) is 15.9. The molecule has 0 fully saturated rings. The Morgan fingerprint density at radius 1 is 1.00 bits per heavy atom. The van der Waals surface area contributed by atoms with Crippen LogP contribution in [0.3, 0.4) is 0 Å². The summed E-state index contributed by atoms with van der Waals surface area (Å²) in [5.74, 6) is 2.69. The van der Waals surface area contributed by atoms with E-state index in [1.807, 2.05) is 11.3 Å². The molecule has 134 valence electrons. The maximum absolute atomic E-state index is 5.49. The molecule has 1 aromatic carbocycles. The summed E-state index contributed by atoms with van der Waals surface area (Å²) >= 11 is 1.85. The van der Waals surface area contributed by atoms with Crippen molar-refractivity contribution >= 4 is 27.4 Å². The number of anilines is 1. The van der Waals surface area contributed by atoms with Gasteiger partial charge in [-0.05, 0) is 54.5 Å². The van der Waals surface area contributed by atoms with Crippen LogP contribution in [0.2, 0.25) is 0 Å². The second kappa shape index (κ2) is 6.13. The predicted octanol–water partition coefficient (Wildman–Crippen LogP) is 3.76. The van der Waals surface area contributed by atoms with Crippen LogP contribution < -0.4 is 14.4 Å². The molecule has 0 unspecified atom stereocenters. The second-order valence-corrected chi connectivity index (χ2v) is 7.97. The largest absolute Gasteiger partial charge is 0.493 e. The Morgan fingerprint density at radius 3 is 2.62 bits per heavy atom. The molecule has 3 heterocycles.